The normalized spacial score (nSPS) is 33.3. The van der Waals surface area contributed by atoms with Gasteiger partial charge in [-0.2, -0.15) is 0 Å². The Morgan fingerprint density at radius 2 is 2.16 bits per heavy atom. The summed E-state index contributed by atoms with van der Waals surface area (Å²) >= 11 is 0. The molecule has 1 amide bonds. The van der Waals surface area contributed by atoms with Gasteiger partial charge >= 0.3 is 6.09 Å². The summed E-state index contributed by atoms with van der Waals surface area (Å²) in [5.74, 6) is -0.667. The predicted molar refractivity (Wildman–Crippen MR) is 70.7 cm³/mol. The molecule has 0 unspecified atom stereocenters. The molecule has 2 heterocycles. The number of cyclic esters (lactones) is 1. The number of rotatable bonds is 5. The summed E-state index contributed by atoms with van der Waals surface area (Å²) < 4.78 is 16.8. The summed E-state index contributed by atoms with van der Waals surface area (Å²) in [7, 11) is 0. The van der Waals surface area contributed by atoms with Crippen LogP contribution in [0.3, 0.4) is 0 Å². The van der Waals surface area contributed by atoms with Gasteiger partial charge in [0.05, 0.1) is 6.04 Å². The fraction of sp³-hybridized carbons (Fsp3) is 0.643. The predicted octanol–water partition coefficient (Wildman–Crippen LogP) is 2.09. The Labute approximate surface area is 113 Å². The van der Waals surface area contributed by atoms with Gasteiger partial charge in [0.25, 0.3) is 0 Å². The zero-order valence-corrected chi connectivity index (χ0v) is 11.5. The Bertz CT molecular complexity index is 380. The number of hydrogen-bond acceptors (Lipinski definition) is 4. The summed E-state index contributed by atoms with van der Waals surface area (Å²) in [6.07, 6.45) is 3.44. The van der Waals surface area contributed by atoms with Crippen LogP contribution in [0.1, 0.15) is 20.3 Å². The van der Waals surface area contributed by atoms with Crippen molar-refractivity contribution in [2.75, 3.05) is 13.2 Å². The second-order valence-electron chi connectivity index (χ2n) is 5.22. The van der Waals surface area contributed by atoms with Gasteiger partial charge in [-0.05, 0) is 20.3 Å². The van der Waals surface area contributed by atoms with Crippen LogP contribution in [0, 0.1) is 0 Å². The highest BCUT2D eigenvalue weighted by Crippen LogP contribution is 2.34. The van der Waals surface area contributed by atoms with E-state index in [0.29, 0.717) is 13.2 Å². The molecule has 3 atom stereocenters. The van der Waals surface area contributed by atoms with Crippen molar-refractivity contribution in [1.82, 2.24) is 4.90 Å². The number of ether oxygens (including phenoxy) is 3. The van der Waals surface area contributed by atoms with Crippen molar-refractivity contribution in [3.05, 3.63) is 25.3 Å². The molecule has 0 radical (unpaired) electrons. The Kier molecular flexibility index (Phi) is 3.96. The van der Waals surface area contributed by atoms with Gasteiger partial charge in [-0.3, -0.25) is 4.90 Å². The largest absolute Gasteiger partial charge is 0.447 e. The van der Waals surface area contributed by atoms with Crippen LogP contribution in [-0.2, 0) is 14.2 Å². The molecular weight excluding hydrogens is 246 g/mol. The monoisotopic (exact) mass is 267 g/mol. The van der Waals surface area contributed by atoms with E-state index in [9.17, 15) is 4.79 Å². The maximum atomic E-state index is 11.8. The molecule has 0 aromatic carbocycles. The van der Waals surface area contributed by atoms with E-state index in [2.05, 4.69) is 13.2 Å². The lowest BCUT2D eigenvalue weighted by atomic mass is 10.1. The van der Waals surface area contributed by atoms with Gasteiger partial charge in [0, 0.05) is 6.54 Å². The van der Waals surface area contributed by atoms with E-state index in [0.717, 1.165) is 6.42 Å². The first-order valence-corrected chi connectivity index (χ1v) is 6.51. The third kappa shape index (κ3) is 2.82. The van der Waals surface area contributed by atoms with E-state index in [-0.39, 0.29) is 24.3 Å². The van der Waals surface area contributed by atoms with E-state index in [1.54, 1.807) is 17.1 Å². The molecule has 0 saturated carbocycles. The van der Waals surface area contributed by atoms with Crippen LogP contribution in [0.4, 0.5) is 4.79 Å². The minimum atomic E-state index is -0.667. The van der Waals surface area contributed by atoms with Crippen molar-refractivity contribution < 1.29 is 19.0 Å². The zero-order valence-electron chi connectivity index (χ0n) is 11.5. The summed E-state index contributed by atoms with van der Waals surface area (Å²) in [6.45, 7) is 12.1. The smallest absolute Gasteiger partial charge is 0.410 e. The highest BCUT2D eigenvalue weighted by atomic mass is 16.8. The van der Waals surface area contributed by atoms with Crippen molar-refractivity contribution in [2.24, 2.45) is 0 Å². The molecule has 0 spiro atoms. The first-order valence-electron chi connectivity index (χ1n) is 6.51. The van der Waals surface area contributed by atoms with E-state index >= 15 is 0 Å². The topological polar surface area (TPSA) is 48.0 Å². The van der Waals surface area contributed by atoms with Gasteiger partial charge in [0.15, 0.2) is 5.79 Å². The third-order valence-electron chi connectivity index (χ3n) is 3.36. The highest BCUT2D eigenvalue weighted by molar-refractivity contribution is 5.70. The Hall–Kier alpha value is -1.33. The molecule has 0 aliphatic carbocycles. The standard InChI is InChI=1S/C14H21NO4/c1-5-7-8-15-10(9-17-13(15)16)12-11(6-2)18-14(3,4)19-12/h5-6,10-12H,1-2,7-9H2,3-4H3/t10-,11-,12-/m1/s1. The fourth-order valence-corrected chi connectivity index (χ4v) is 2.52. The molecule has 0 aromatic heterocycles. The molecule has 2 fully saturated rings. The molecule has 0 N–H and O–H groups in total. The van der Waals surface area contributed by atoms with Crippen molar-refractivity contribution in [3.8, 4) is 0 Å². The minimum absolute atomic E-state index is 0.141. The van der Waals surface area contributed by atoms with Crippen molar-refractivity contribution in [2.45, 2.75) is 44.3 Å². The van der Waals surface area contributed by atoms with Crippen molar-refractivity contribution >= 4 is 6.09 Å². The van der Waals surface area contributed by atoms with E-state index in [1.165, 1.54) is 0 Å². The van der Waals surface area contributed by atoms with E-state index in [1.807, 2.05) is 13.8 Å². The average Bonchev–Trinajstić information content (AvgIpc) is 2.86. The lowest BCUT2D eigenvalue weighted by molar-refractivity contribution is -0.147. The molecule has 106 valence electrons. The summed E-state index contributed by atoms with van der Waals surface area (Å²) in [4.78, 5) is 13.4. The number of carbonyl (C=O) groups is 1. The first-order chi connectivity index (χ1) is 8.98. The zero-order chi connectivity index (χ0) is 14.0. The Morgan fingerprint density at radius 3 is 2.79 bits per heavy atom. The van der Waals surface area contributed by atoms with Crippen LogP contribution in [0.15, 0.2) is 25.3 Å². The van der Waals surface area contributed by atoms with Crippen molar-refractivity contribution in [3.63, 3.8) is 0 Å². The number of hydrogen-bond donors (Lipinski definition) is 0. The van der Waals surface area contributed by atoms with E-state index in [4.69, 9.17) is 14.2 Å². The Morgan fingerprint density at radius 1 is 1.42 bits per heavy atom. The molecule has 2 aliphatic heterocycles. The summed E-state index contributed by atoms with van der Waals surface area (Å²) in [5.41, 5.74) is 0. The van der Waals surface area contributed by atoms with Crippen LogP contribution >= 0.6 is 0 Å². The van der Waals surface area contributed by atoms with Crippen LogP contribution in [-0.4, -0.2) is 48.2 Å². The average molecular weight is 267 g/mol. The maximum Gasteiger partial charge on any atom is 0.410 e. The first kappa shape index (κ1) is 14.1. The summed E-state index contributed by atoms with van der Waals surface area (Å²) in [5, 5.41) is 0. The molecule has 5 nitrogen and oxygen atoms in total. The third-order valence-corrected chi connectivity index (χ3v) is 3.36. The molecule has 2 saturated heterocycles. The lowest BCUT2D eigenvalue weighted by Crippen LogP contribution is -2.46. The van der Waals surface area contributed by atoms with Gasteiger partial charge in [0.2, 0.25) is 0 Å². The number of amides is 1. The quantitative estimate of drug-likeness (QED) is 0.716. The van der Waals surface area contributed by atoms with Crippen LogP contribution in [0.5, 0.6) is 0 Å². The van der Waals surface area contributed by atoms with Gasteiger partial charge in [-0.15, -0.1) is 13.2 Å². The highest BCUT2D eigenvalue weighted by Gasteiger charge is 2.49. The minimum Gasteiger partial charge on any atom is -0.447 e. The molecule has 2 rings (SSSR count). The van der Waals surface area contributed by atoms with Gasteiger partial charge in [-0.1, -0.05) is 12.2 Å². The van der Waals surface area contributed by atoms with Crippen LogP contribution < -0.4 is 0 Å². The molecular formula is C14H21NO4. The molecule has 5 heteroatoms. The van der Waals surface area contributed by atoms with Gasteiger partial charge < -0.3 is 14.2 Å². The van der Waals surface area contributed by atoms with Crippen molar-refractivity contribution in [1.29, 1.82) is 0 Å². The second kappa shape index (κ2) is 5.35. The second-order valence-corrected chi connectivity index (χ2v) is 5.22. The molecule has 2 aliphatic rings. The number of nitrogens with zero attached hydrogens (tertiary/aromatic N) is 1. The maximum absolute atomic E-state index is 11.8. The lowest BCUT2D eigenvalue weighted by Gasteiger charge is -2.27. The van der Waals surface area contributed by atoms with Gasteiger partial charge in [0.1, 0.15) is 18.8 Å². The Balaban J connectivity index is 2.12. The van der Waals surface area contributed by atoms with Crippen LogP contribution in [0.2, 0.25) is 0 Å². The summed E-state index contributed by atoms with van der Waals surface area (Å²) in [6, 6.07) is -0.141. The van der Waals surface area contributed by atoms with E-state index < -0.39 is 5.79 Å². The number of carbonyl (C=O) groups excluding carboxylic acids is 1. The van der Waals surface area contributed by atoms with Gasteiger partial charge in [-0.25, -0.2) is 4.79 Å². The molecule has 19 heavy (non-hydrogen) atoms. The van der Waals surface area contributed by atoms with Crippen LogP contribution in [0.25, 0.3) is 0 Å². The fourth-order valence-electron chi connectivity index (χ4n) is 2.52. The molecule has 0 bridgehead atoms. The molecule has 0 aromatic rings. The SMILES string of the molecule is C=CCCN1C(=O)OC[C@@H]1[C@H]1OC(C)(C)O[C@@H]1C=C.